The van der Waals surface area contributed by atoms with E-state index in [1.165, 1.54) is 0 Å². The van der Waals surface area contributed by atoms with Crippen LogP contribution in [0.5, 0.6) is 5.75 Å². The summed E-state index contributed by atoms with van der Waals surface area (Å²) in [6.45, 7) is 2.81. The molecule has 98 valence electrons. The highest BCUT2D eigenvalue weighted by molar-refractivity contribution is 5.78. The summed E-state index contributed by atoms with van der Waals surface area (Å²) in [5, 5.41) is 3.23. The molecule has 1 heterocycles. The number of para-hydroxylation sites is 1. The van der Waals surface area contributed by atoms with Crippen LogP contribution in [0.3, 0.4) is 0 Å². The van der Waals surface area contributed by atoms with Gasteiger partial charge in [-0.1, -0.05) is 18.2 Å². The number of rotatable bonds is 4. The second-order valence-electron chi connectivity index (χ2n) is 4.28. The van der Waals surface area contributed by atoms with Crippen molar-refractivity contribution in [2.24, 2.45) is 5.73 Å². The number of amides is 1. The quantitative estimate of drug-likeness (QED) is 0.777. The van der Waals surface area contributed by atoms with E-state index in [-0.39, 0.29) is 18.6 Å². The van der Waals surface area contributed by atoms with Gasteiger partial charge in [0.25, 0.3) is 5.91 Å². The van der Waals surface area contributed by atoms with E-state index in [2.05, 4.69) is 5.32 Å². The molecule has 1 aliphatic rings. The summed E-state index contributed by atoms with van der Waals surface area (Å²) in [5.74, 6) is 0.709. The van der Waals surface area contributed by atoms with Gasteiger partial charge in [0.2, 0.25) is 0 Å². The molecule has 1 atom stereocenters. The van der Waals surface area contributed by atoms with E-state index < -0.39 is 0 Å². The second kappa shape index (κ2) is 6.37. The lowest BCUT2D eigenvalue weighted by Crippen LogP contribution is -2.57. The molecule has 0 aliphatic carbocycles. The maximum atomic E-state index is 12.1. The van der Waals surface area contributed by atoms with E-state index in [1.807, 2.05) is 30.3 Å². The molecule has 3 N–H and O–H groups in total. The predicted molar refractivity (Wildman–Crippen MR) is 69.4 cm³/mol. The number of hydrogen-bond donors (Lipinski definition) is 2. The van der Waals surface area contributed by atoms with Crippen molar-refractivity contribution < 1.29 is 9.53 Å². The molecule has 5 heteroatoms. The van der Waals surface area contributed by atoms with Gasteiger partial charge < -0.3 is 20.7 Å². The number of nitrogens with zero attached hydrogens (tertiary/aromatic N) is 1. The largest absolute Gasteiger partial charge is 0.484 e. The summed E-state index contributed by atoms with van der Waals surface area (Å²) >= 11 is 0. The van der Waals surface area contributed by atoms with Crippen molar-refractivity contribution in [1.29, 1.82) is 0 Å². The van der Waals surface area contributed by atoms with Crippen LogP contribution in [-0.2, 0) is 4.79 Å². The van der Waals surface area contributed by atoms with E-state index in [0.29, 0.717) is 18.8 Å². The minimum atomic E-state index is -0.00389. The molecule has 0 spiro atoms. The number of hydrogen-bond acceptors (Lipinski definition) is 4. The van der Waals surface area contributed by atoms with Crippen molar-refractivity contribution in [3.05, 3.63) is 30.3 Å². The van der Waals surface area contributed by atoms with Crippen molar-refractivity contribution in [1.82, 2.24) is 10.2 Å². The van der Waals surface area contributed by atoms with Crippen LogP contribution < -0.4 is 15.8 Å². The van der Waals surface area contributed by atoms with Crippen molar-refractivity contribution in [2.45, 2.75) is 6.04 Å². The molecule has 1 aliphatic heterocycles. The van der Waals surface area contributed by atoms with E-state index in [9.17, 15) is 4.79 Å². The van der Waals surface area contributed by atoms with Crippen molar-refractivity contribution in [2.75, 3.05) is 32.8 Å². The first kappa shape index (κ1) is 12.9. The van der Waals surface area contributed by atoms with Crippen LogP contribution >= 0.6 is 0 Å². The summed E-state index contributed by atoms with van der Waals surface area (Å²) in [7, 11) is 0. The third-order valence-corrected chi connectivity index (χ3v) is 3.05. The monoisotopic (exact) mass is 249 g/mol. The highest BCUT2D eigenvalue weighted by Gasteiger charge is 2.25. The molecule has 0 radical (unpaired) electrons. The Balaban J connectivity index is 1.87. The lowest BCUT2D eigenvalue weighted by Gasteiger charge is -2.35. The number of nitrogens with one attached hydrogen (secondary N) is 1. The van der Waals surface area contributed by atoms with Crippen molar-refractivity contribution in [3.8, 4) is 5.75 Å². The predicted octanol–water partition coefficient (Wildman–Crippen LogP) is -0.175. The van der Waals surface area contributed by atoms with Gasteiger partial charge in [0.1, 0.15) is 5.75 Å². The van der Waals surface area contributed by atoms with Crippen LogP contribution in [-0.4, -0.2) is 49.6 Å². The first-order valence-corrected chi connectivity index (χ1v) is 6.19. The van der Waals surface area contributed by atoms with Gasteiger partial charge in [-0.25, -0.2) is 0 Å². The number of benzene rings is 1. The van der Waals surface area contributed by atoms with Gasteiger partial charge in [0.15, 0.2) is 6.61 Å². The van der Waals surface area contributed by atoms with Crippen molar-refractivity contribution in [3.63, 3.8) is 0 Å². The minimum absolute atomic E-state index is 0.00389. The highest BCUT2D eigenvalue weighted by Crippen LogP contribution is 2.09. The fraction of sp³-hybridized carbons (Fsp3) is 0.462. The average Bonchev–Trinajstić information content (AvgIpc) is 2.45. The highest BCUT2D eigenvalue weighted by atomic mass is 16.5. The van der Waals surface area contributed by atoms with E-state index in [4.69, 9.17) is 10.5 Å². The zero-order chi connectivity index (χ0) is 12.8. The van der Waals surface area contributed by atoms with Gasteiger partial charge in [-0.05, 0) is 12.1 Å². The standard InChI is InChI=1S/C13H19N3O2/c14-8-11-9-15-6-7-16(11)13(17)10-18-12-4-2-1-3-5-12/h1-5,11,15H,6-10,14H2. The molecule has 18 heavy (non-hydrogen) atoms. The number of ether oxygens (including phenoxy) is 1. The Kier molecular flexibility index (Phi) is 4.55. The van der Waals surface area contributed by atoms with Crippen LogP contribution in [0.15, 0.2) is 30.3 Å². The molecule has 0 saturated carbocycles. The second-order valence-corrected chi connectivity index (χ2v) is 4.28. The molecule has 2 rings (SSSR count). The van der Waals surface area contributed by atoms with Crippen LogP contribution in [0.2, 0.25) is 0 Å². The third-order valence-electron chi connectivity index (χ3n) is 3.05. The smallest absolute Gasteiger partial charge is 0.260 e. The molecule has 1 aromatic rings. The van der Waals surface area contributed by atoms with Gasteiger partial charge in [0.05, 0.1) is 6.04 Å². The molecular weight excluding hydrogens is 230 g/mol. The van der Waals surface area contributed by atoms with Gasteiger partial charge in [-0.2, -0.15) is 0 Å². The number of carbonyl (C=O) groups excluding carboxylic acids is 1. The van der Waals surface area contributed by atoms with Crippen LogP contribution in [0.1, 0.15) is 0 Å². The Morgan fingerprint density at radius 1 is 1.44 bits per heavy atom. The maximum Gasteiger partial charge on any atom is 0.260 e. The van der Waals surface area contributed by atoms with Gasteiger partial charge in [-0.15, -0.1) is 0 Å². The fourth-order valence-corrected chi connectivity index (χ4v) is 2.04. The normalized spacial score (nSPS) is 19.6. The SMILES string of the molecule is NCC1CNCCN1C(=O)COc1ccccc1. The Labute approximate surface area is 107 Å². The van der Waals surface area contributed by atoms with Crippen LogP contribution in [0, 0.1) is 0 Å². The summed E-state index contributed by atoms with van der Waals surface area (Å²) in [5.41, 5.74) is 5.66. The number of piperazine rings is 1. The Morgan fingerprint density at radius 3 is 2.94 bits per heavy atom. The van der Waals surface area contributed by atoms with Gasteiger partial charge >= 0.3 is 0 Å². The topological polar surface area (TPSA) is 67.6 Å². The molecule has 1 saturated heterocycles. The summed E-state index contributed by atoms with van der Waals surface area (Å²) < 4.78 is 5.46. The Hall–Kier alpha value is -1.59. The lowest BCUT2D eigenvalue weighted by molar-refractivity contribution is -0.136. The molecular formula is C13H19N3O2. The molecule has 1 aromatic carbocycles. The first-order valence-electron chi connectivity index (χ1n) is 6.19. The summed E-state index contributed by atoms with van der Waals surface area (Å²) in [6.07, 6.45) is 0. The Morgan fingerprint density at radius 2 is 2.22 bits per heavy atom. The van der Waals surface area contributed by atoms with Crippen LogP contribution in [0.4, 0.5) is 0 Å². The van der Waals surface area contributed by atoms with Gasteiger partial charge in [-0.3, -0.25) is 4.79 Å². The van der Waals surface area contributed by atoms with E-state index >= 15 is 0 Å². The number of nitrogens with two attached hydrogens (primary N) is 1. The maximum absolute atomic E-state index is 12.1. The molecule has 0 bridgehead atoms. The first-order chi connectivity index (χ1) is 8.81. The third kappa shape index (κ3) is 3.21. The van der Waals surface area contributed by atoms with Gasteiger partial charge in [0, 0.05) is 26.2 Å². The van der Waals surface area contributed by atoms with E-state index in [0.717, 1.165) is 13.1 Å². The number of carbonyl (C=O) groups is 1. The molecule has 0 aromatic heterocycles. The molecule has 5 nitrogen and oxygen atoms in total. The van der Waals surface area contributed by atoms with Crippen LogP contribution in [0.25, 0.3) is 0 Å². The minimum Gasteiger partial charge on any atom is -0.484 e. The summed E-state index contributed by atoms with van der Waals surface area (Å²) in [4.78, 5) is 13.9. The lowest BCUT2D eigenvalue weighted by atomic mass is 10.2. The van der Waals surface area contributed by atoms with Crippen molar-refractivity contribution >= 4 is 5.91 Å². The molecule has 1 amide bonds. The molecule has 1 fully saturated rings. The summed E-state index contributed by atoms with van der Waals surface area (Å²) in [6, 6.07) is 9.43. The Bertz CT molecular complexity index is 383. The average molecular weight is 249 g/mol. The zero-order valence-electron chi connectivity index (χ0n) is 10.3. The zero-order valence-corrected chi connectivity index (χ0v) is 10.3. The molecule has 1 unspecified atom stereocenters. The van der Waals surface area contributed by atoms with E-state index in [1.54, 1.807) is 4.90 Å². The fourth-order valence-electron chi connectivity index (χ4n) is 2.04.